The predicted molar refractivity (Wildman–Crippen MR) is 272 cm³/mol. The molecule has 0 fully saturated rings. The number of hydrogen-bond donors (Lipinski definition) is 0. The Kier molecular flexibility index (Phi) is 9.27. The van der Waals surface area contributed by atoms with Crippen LogP contribution in [0.15, 0.2) is 188 Å². The molecule has 0 saturated heterocycles. The van der Waals surface area contributed by atoms with Crippen molar-refractivity contribution in [2.75, 3.05) is 4.90 Å². The Morgan fingerprint density at radius 1 is 0.400 bits per heavy atom. The van der Waals surface area contributed by atoms with Crippen LogP contribution < -0.4 is 4.90 Å². The highest BCUT2D eigenvalue weighted by Gasteiger charge is 2.34. The Morgan fingerprint density at radius 2 is 0.877 bits per heavy atom. The van der Waals surface area contributed by atoms with E-state index < -0.39 is 0 Å². The van der Waals surface area contributed by atoms with E-state index in [1.54, 1.807) is 18.2 Å². The highest BCUT2D eigenvalue weighted by Crippen LogP contribution is 2.59. The quantitative estimate of drug-likeness (QED) is 0.124. The van der Waals surface area contributed by atoms with Gasteiger partial charge in [0.1, 0.15) is 0 Å². The van der Waals surface area contributed by atoms with E-state index in [0.717, 1.165) is 55.7 Å². The number of ketones is 2. The van der Waals surface area contributed by atoms with Gasteiger partial charge in [-0.3, -0.25) is 9.59 Å². The third-order valence-electron chi connectivity index (χ3n) is 13.5. The second-order valence-electron chi connectivity index (χ2n) is 19.6. The second kappa shape index (κ2) is 15.0. The zero-order valence-electron chi connectivity index (χ0n) is 37.7. The Labute approximate surface area is 381 Å². The van der Waals surface area contributed by atoms with E-state index >= 15 is 0 Å². The van der Waals surface area contributed by atoms with Crippen LogP contribution in [0.1, 0.15) is 78.9 Å². The van der Waals surface area contributed by atoms with Gasteiger partial charge in [0.2, 0.25) is 0 Å². The summed E-state index contributed by atoms with van der Waals surface area (Å²) in [4.78, 5) is 29.7. The smallest absolute Gasteiger partial charge is 0.197 e. The average molecular weight is 840 g/mol. The SMILES string of the molecule is CC(C)(C)c1ccc(N(c2ccc(C(C)(C)C)cc2)c2ccc3c4c(cccc24)-c2c-3c(-c3ccccc3)c3ccc(C=C4C(=O)c5ccccc5C4=O)cc3c2-c2ccccc2)cc1. The van der Waals surface area contributed by atoms with Crippen molar-refractivity contribution in [3.8, 4) is 44.5 Å². The predicted octanol–water partition coefficient (Wildman–Crippen LogP) is 16.5. The first-order valence-electron chi connectivity index (χ1n) is 22.6. The van der Waals surface area contributed by atoms with Gasteiger partial charge in [-0.1, -0.05) is 187 Å². The van der Waals surface area contributed by atoms with Crippen LogP contribution in [0.2, 0.25) is 0 Å². The Bertz CT molecular complexity index is 3340. The summed E-state index contributed by atoms with van der Waals surface area (Å²) >= 11 is 0. The first-order chi connectivity index (χ1) is 31.4. The third-order valence-corrected chi connectivity index (χ3v) is 13.5. The number of anilines is 3. The molecule has 3 nitrogen and oxygen atoms in total. The van der Waals surface area contributed by atoms with Crippen LogP contribution in [-0.4, -0.2) is 11.6 Å². The number of hydrogen-bond acceptors (Lipinski definition) is 3. The Balaban J connectivity index is 1.19. The summed E-state index contributed by atoms with van der Waals surface area (Å²) in [6.45, 7) is 13.6. The van der Waals surface area contributed by atoms with E-state index in [1.807, 2.05) is 12.1 Å². The molecule has 2 aliphatic rings. The van der Waals surface area contributed by atoms with Gasteiger partial charge in [-0.25, -0.2) is 0 Å². The van der Waals surface area contributed by atoms with E-state index in [9.17, 15) is 9.59 Å². The van der Waals surface area contributed by atoms with Gasteiger partial charge in [0, 0.05) is 27.9 Å². The molecule has 0 radical (unpaired) electrons. The fourth-order valence-electron chi connectivity index (χ4n) is 10.2. The van der Waals surface area contributed by atoms with Crippen LogP contribution in [0.3, 0.4) is 0 Å². The summed E-state index contributed by atoms with van der Waals surface area (Å²) in [6, 6.07) is 64.5. The number of benzene rings is 9. The number of fused-ring (bicyclic) bond motifs is 5. The molecule has 9 aromatic rings. The van der Waals surface area contributed by atoms with Gasteiger partial charge in [-0.05, 0) is 131 Å². The lowest BCUT2D eigenvalue weighted by atomic mass is 9.82. The molecule has 65 heavy (non-hydrogen) atoms. The standard InChI is InChI=1S/C62H49NO2/c1-61(2,3)41-25-29-43(30-26-41)63(44-31-27-42(28-32-44)62(4,5)6)53-35-34-50-56-48(53)22-15-23-49(56)57-55(40-18-11-8-12-19-40)51-36-38(37-52-59(64)46-20-13-14-21-47(46)60(52)65)24-33-45(51)54(58(50)57)39-16-9-7-10-17-39/h7-37H,1-6H3. The average Bonchev–Trinajstić information content (AvgIpc) is 3.77. The van der Waals surface area contributed by atoms with Crippen molar-refractivity contribution in [1.82, 2.24) is 0 Å². The minimum atomic E-state index is -0.227. The molecule has 314 valence electrons. The van der Waals surface area contributed by atoms with E-state index in [1.165, 1.54) is 44.2 Å². The molecule has 9 aromatic carbocycles. The molecule has 0 spiro atoms. The van der Waals surface area contributed by atoms with Crippen molar-refractivity contribution < 1.29 is 9.59 Å². The molecule has 0 N–H and O–H groups in total. The highest BCUT2D eigenvalue weighted by atomic mass is 16.2. The lowest BCUT2D eigenvalue weighted by Gasteiger charge is -2.29. The normalized spacial score (nSPS) is 13.1. The number of rotatable bonds is 6. The lowest BCUT2D eigenvalue weighted by molar-refractivity contribution is 0.0990. The van der Waals surface area contributed by atoms with E-state index in [0.29, 0.717) is 11.1 Å². The molecular weight excluding hydrogens is 791 g/mol. The maximum absolute atomic E-state index is 13.7. The van der Waals surface area contributed by atoms with Gasteiger partial charge < -0.3 is 4.90 Å². The van der Waals surface area contributed by atoms with Crippen molar-refractivity contribution in [2.24, 2.45) is 0 Å². The molecule has 0 atom stereocenters. The second-order valence-corrected chi connectivity index (χ2v) is 19.6. The molecule has 11 rings (SSSR count). The Hall–Kier alpha value is -7.62. The maximum atomic E-state index is 13.7. The van der Waals surface area contributed by atoms with Crippen LogP contribution in [0.4, 0.5) is 17.1 Å². The van der Waals surface area contributed by atoms with Crippen LogP contribution in [0.25, 0.3) is 72.1 Å². The number of Topliss-reactive ketones (excluding diaryl/α,β-unsaturated/α-hetero) is 2. The van der Waals surface area contributed by atoms with Crippen molar-refractivity contribution in [2.45, 2.75) is 52.4 Å². The number of carbonyl (C=O) groups is 2. The van der Waals surface area contributed by atoms with Gasteiger partial charge in [0.25, 0.3) is 0 Å². The van der Waals surface area contributed by atoms with E-state index in [4.69, 9.17) is 0 Å². The third kappa shape index (κ3) is 6.56. The summed E-state index contributed by atoms with van der Waals surface area (Å²) < 4.78 is 0. The summed E-state index contributed by atoms with van der Waals surface area (Å²) in [5, 5.41) is 4.55. The molecule has 0 unspecified atom stereocenters. The van der Waals surface area contributed by atoms with Gasteiger partial charge in [0.05, 0.1) is 11.3 Å². The molecule has 3 heteroatoms. The van der Waals surface area contributed by atoms with Crippen LogP contribution in [0, 0.1) is 0 Å². The zero-order chi connectivity index (χ0) is 44.8. The Morgan fingerprint density at radius 3 is 1.40 bits per heavy atom. The van der Waals surface area contributed by atoms with Crippen LogP contribution >= 0.6 is 0 Å². The summed E-state index contributed by atoms with van der Waals surface area (Å²) in [5.74, 6) is -0.453. The molecule has 0 aromatic heterocycles. The maximum Gasteiger partial charge on any atom is 0.197 e. The van der Waals surface area contributed by atoms with Gasteiger partial charge in [-0.15, -0.1) is 0 Å². The number of carbonyl (C=O) groups excluding carboxylic acids is 2. The van der Waals surface area contributed by atoms with Crippen LogP contribution in [-0.2, 0) is 10.8 Å². The van der Waals surface area contributed by atoms with Crippen molar-refractivity contribution in [1.29, 1.82) is 0 Å². The van der Waals surface area contributed by atoms with Crippen molar-refractivity contribution in [3.63, 3.8) is 0 Å². The molecule has 0 aliphatic heterocycles. The molecular formula is C62H49NO2. The monoisotopic (exact) mass is 839 g/mol. The fourth-order valence-corrected chi connectivity index (χ4v) is 10.2. The fraction of sp³-hybridized carbons (Fsp3) is 0.129. The van der Waals surface area contributed by atoms with Crippen molar-refractivity contribution in [3.05, 3.63) is 215 Å². The molecule has 0 saturated carbocycles. The number of nitrogens with zero attached hydrogens (tertiary/aromatic N) is 1. The molecule has 2 aliphatic carbocycles. The van der Waals surface area contributed by atoms with Crippen LogP contribution in [0.5, 0.6) is 0 Å². The summed E-state index contributed by atoms with van der Waals surface area (Å²) in [6.07, 6.45) is 1.78. The minimum Gasteiger partial charge on any atom is -0.310 e. The first kappa shape index (κ1) is 40.2. The van der Waals surface area contributed by atoms with Crippen molar-refractivity contribution >= 4 is 56.2 Å². The topological polar surface area (TPSA) is 37.4 Å². The van der Waals surface area contributed by atoms with E-state index in [2.05, 4.69) is 204 Å². The summed E-state index contributed by atoms with van der Waals surface area (Å²) in [7, 11) is 0. The minimum absolute atomic E-state index is 0.0246. The van der Waals surface area contributed by atoms with E-state index in [-0.39, 0.29) is 28.0 Å². The van der Waals surface area contributed by atoms with Gasteiger partial charge in [-0.2, -0.15) is 0 Å². The molecule has 0 amide bonds. The lowest BCUT2D eigenvalue weighted by Crippen LogP contribution is -2.14. The first-order valence-corrected chi connectivity index (χ1v) is 22.6. The zero-order valence-corrected chi connectivity index (χ0v) is 37.7. The molecule has 0 heterocycles. The summed E-state index contributed by atoms with van der Waals surface area (Å²) in [5.41, 5.74) is 17.2. The number of allylic oxidation sites excluding steroid dienone is 1. The highest BCUT2D eigenvalue weighted by molar-refractivity contribution is 6.41. The van der Waals surface area contributed by atoms with Gasteiger partial charge in [0.15, 0.2) is 11.6 Å². The van der Waals surface area contributed by atoms with Gasteiger partial charge >= 0.3 is 0 Å². The molecule has 0 bridgehead atoms. The largest absolute Gasteiger partial charge is 0.310 e.